The van der Waals surface area contributed by atoms with Gasteiger partial charge in [0.1, 0.15) is 11.3 Å². The zero-order valence-electron chi connectivity index (χ0n) is 10.3. The molecule has 94 valence electrons. The number of carbonyl (C=O) groups excluding carboxylic acids is 1. The number of rotatable bonds is 2. The molecule has 0 N–H and O–H groups in total. The molecule has 0 atom stereocenters. The predicted octanol–water partition coefficient (Wildman–Crippen LogP) is 3.78. The van der Waals surface area contributed by atoms with Crippen molar-refractivity contribution < 1.29 is 4.79 Å². The van der Waals surface area contributed by atoms with E-state index in [1.807, 2.05) is 41.8 Å². The Morgan fingerprint density at radius 2 is 2.00 bits per heavy atom. The minimum absolute atomic E-state index is 0.550. The van der Waals surface area contributed by atoms with Crippen LogP contribution in [0.25, 0.3) is 16.8 Å². The van der Waals surface area contributed by atoms with Crippen LogP contribution in [0.5, 0.6) is 0 Å². The third-order valence-electron chi connectivity index (χ3n) is 3.05. The van der Waals surface area contributed by atoms with Crippen molar-refractivity contribution in [2.45, 2.75) is 6.92 Å². The highest BCUT2D eigenvalue weighted by atomic mass is 35.5. The average Bonchev–Trinajstić information content (AvgIpc) is 2.81. The number of carbonyl (C=O) groups is 1. The summed E-state index contributed by atoms with van der Waals surface area (Å²) in [6.07, 6.45) is 4.30. The Kier molecular flexibility index (Phi) is 2.84. The quantitative estimate of drug-likeness (QED) is 0.664. The van der Waals surface area contributed by atoms with Gasteiger partial charge in [-0.1, -0.05) is 23.7 Å². The summed E-state index contributed by atoms with van der Waals surface area (Å²) in [5, 5.41) is 0.698. The predicted molar refractivity (Wildman–Crippen MR) is 75.8 cm³/mol. The molecular weight excluding hydrogens is 260 g/mol. The lowest BCUT2D eigenvalue weighted by Gasteiger charge is -2.07. The number of aromatic nitrogens is 2. The minimum Gasteiger partial charge on any atom is -0.297 e. The summed E-state index contributed by atoms with van der Waals surface area (Å²) in [5.74, 6) is 0. The van der Waals surface area contributed by atoms with E-state index in [0.29, 0.717) is 10.7 Å². The Balaban J connectivity index is 2.31. The fraction of sp³-hybridized carbons (Fsp3) is 0.0667. The number of aldehydes is 1. The standard InChI is InChI=1S/C15H11ClN2O/c1-10-6-14(11-2-4-12(16)5-3-11)15-17-7-13(9-19)18(15)8-10/h2-9H,1H3. The average molecular weight is 271 g/mol. The van der Waals surface area contributed by atoms with Crippen molar-refractivity contribution in [1.82, 2.24) is 9.38 Å². The van der Waals surface area contributed by atoms with E-state index < -0.39 is 0 Å². The van der Waals surface area contributed by atoms with E-state index in [0.717, 1.165) is 28.6 Å². The summed E-state index contributed by atoms with van der Waals surface area (Å²) >= 11 is 5.91. The smallest absolute Gasteiger partial charge is 0.168 e. The van der Waals surface area contributed by atoms with Crippen LogP contribution in [0.3, 0.4) is 0 Å². The molecule has 0 radical (unpaired) electrons. The van der Waals surface area contributed by atoms with Gasteiger partial charge in [0.25, 0.3) is 0 Å². The van der Waals surface area contributed by atoms with Crippen LogP contribution >= 0.6 is 11.6 Å². The lowest BCUT2D eigenvalue weighted by atomic mass is 10.1. The van der Waals surface area contributed by atoms with Crippen molar-refractivity contribution in [3.63, 3.8) is 0 Å². The van der Waals surface area contributed by atoms with Crippen LogP contribution in [0.4, 0.5) is 0 Å². The topological polar surface area (TPSA) is 34.4 Å². The molecule has 0 bridgehead atoms. The van der Waals surface area contributed by atoms with E-state index >= 15 is 0 Å². The van der Waals surface area contributed by atoms with E-state index in [2.05, 4.69) is 11.1 Å². The normalized spacial score (nSPS) is 10.8. The summed E-state index contributed by atoms with van der Waals surface area (Å²) in [7, 11) is 0. The van der Waals surface area contributed by atoms with Gasteiger partial charge in [0, 0.05) is 16.8 Å². The number of pyridine rings is 1. The van der Waals surface area contributed by atoms with Crippen LogP contribution in [0, 0.1) is 6.92 Å². The molecule has 0 aliphatic rings. The molecule has 4 heteroatoms. The first-order valence-corrected chi connectivity index (χ1v) is 6.25. The second-order valence-corrected chi connectivity index (χ2v) is 4.87. The van der Waals surface area contributed by atoms with Gasteiger partial charge in [-0.3, -0.25) is 9.20 Å². The second kappa shape index (κ2) is 4.52. The molecule has 0 saturated carbocycles. The summed E-state index contributed by atoms with van der Waals surface area (Å²) in [4.78, 5) is 15.3. The van der Waals surface area contributed by atoms with Gasteiger partial charge in [-0.25, -0.2) is 4.98 Å². The molecule has 0 aliphatic carbocycles. The van der Waals surface area contributed by atoms with Gasteiger partial charge in [0.15, 0.2) is 6.29 Å². The van der Waals surface area contributed by atoms with Crippen molar-refractivity contribution in [3.05, 3.63) is 59.0 Å². The molecule has 3 nitrogen and oxygen atoms in total. The Morgan fingerprint density at radius 1 is 1.26 bits per heavy atom. The van der Waals surface area contributed by atoms with Gasteiger partial charge in [0.2, 0.25) is 0 Å². The number of hydrogen-bond donors (Lipinski definition) is 0. The maximum atomic E-state index is 11.0. The molecule has 0 amide bonds. The monoisotopic (exact) mass is 270 g/mol. The van der Waals surface area contributed by atoms with E-state index in [-0.39, 0.29) is 0 Å². The highest BCUT2D eigenvalue weighted by molar-refractivity contribution is 6.30. The van der Waals surface area contributed by atoms with Crippen LogP contribution in [-0.2, 0) is 0 Å². The molecule has 0 saturated heterocycles. The zero-order valence-corrected chi connectivity index (χ0v) is 11.1. The Bertz CT molecular complexity index is 760. The molecule has 3 rings (SSSR count). The number of hydrogen-bond acceptors (Lipinski definition) is 2. The van der Waals surface area contributed by atoms with Gasteiger partial charge in [0.05, 0.1) is 6.20 Å². The third-order valence-corrected chi connectivity index (χ3v) is 3.30. The SMILES string of the molecule is Cc1cc(-c2ccc(Cl)cc2)c2ncc(C=O)n2c1. The van der Waals surface area contributed by atoms with Crippen LogP contribution in [0.15, 0.2) is 42.7 Å². The summed E-state index contributed by atoms with van der Waals surface area (Å²) < 4.78 is 1.81. The molecule has 3 aromatic rings. The van der Waals surface area contributed by atoms with E-state index in [1.54, 1.807) is 6.20 Å². The number of fused-ring (bicyclic) bond motifs is 1. The Morgan fingerprint density at radius 3 is 2.68 bits per heavy atom. The fourth-order valence-corrected chi connectivity index (χ4v) is 2.30. The van der Waals surface area contributed by atoms with Gasteiger partial charge in [-0.15, -0.1) is 0 Å². The lowest BCUT2D eigenvalue weighted by molar-refractivity contribution is 0.111. The van der Waals surface area contributed by atoms with Crippen LogP contribution in [0.2, 0.25) is 5.02 Å². The highest BCUT2D eigenvalue weighted by Gasteiger charge is 2.09. The first-order chi connectivity index (χ1) is 9.19. The Hall–Kier alpha value is -2.13. The summed E-state index contributed by atoms with van der Waals surface area (Å²) in [5.41, 5.74) is 4.41. The van der Waals surface area contributed by atoms with Gasteiger partial charge < -0.3 is 0 Å². The fourth-order valence-electron chi connectivity index (χ4n) is 2.17. The Labute approximate surface area is 115 Å². The molecule has 0 fully saturated rings. The first kappa shape index (κ1) is 11.9. The van der Waals surface area contributed by atoms with Crippen molar-refractivity contribution in [3.8, 4) is 11.1 Å². The molecule has 19 heavy (non-hydrogen) atoms. The molecular formula is C15H11ClN2O. The van der Waals surface area contributed by atoms with Crippen molar-refractivity contribution in [1.29, 1.82) is 0 Å². The largest absolute Gasteiger partial charge is 0.297 e. The first-order valence-electron chi connectivity index (χ1n) is 5.88. The number of benzene rings is 1. The summed E-state index contributed by atoms with van der Waals surface area (Å²) in [6, 6.07) is 9.65. The molecule has 1 aromatic carbocycles. The number of aryl methyl sites for hydroxylation is 1. The number of imidazole rings is 1. The molecule has 0 aliphatic heterocycles. The number of nitrogens with zero attached hydrogens (tertiary/aromatic N) is 2. The summed E-state index contributed by atoms with van der Waals surface area (Å²) in [6.45, 7) is 1.99. The molecule has 0 unspecified atom stereocenters. The van der Waals surface area contributed by atoms with Crippen molar-refractivity contribution in [2.24, 2.45) is 0 Å². The van der Waals surface area contributed by atoms with E-state index in [4.69, 9.17) is 11.6 Å². The number of halogens is 1. The van der Waals surface area contributed by atoms with Crippen molar-refractivity contribution >= 4 is 23.5 Å². The van der Waals surface area contributed by atoms with E-state index in [1.165, 1.54) is 0 Å². The molecule has 2 aromatic heterocycles. The van der Waals surface area contributed by atoms with Crippen LogP contribution in [-0.4, -0.2) is 15.7 Å². The van der Waals surface area contributed by atoms with Crippen LogP contribution < -0.4 is 0 Å². The van der Waals surface area contributed by atoms with Gasteiger partial charge in [-0.2, -0.15) is 0 Å². The highest BCUT2D eigenvalue weighted by Crippen LogP contribution is 2.26. The van der Waals surface area contributed by atoms with E-state index in [9.17, 15) is 4.79 Å². The molecule has 0 spiro atoms. The maximum Gasteiger partial charge on any atom is 0.168 e. The molecule has 2 heterocycles. The second-order valence-electron chi connectivity index (χ2n) is 4.43. The third kappa shape index (κ3) is 2.02. The van der Waals surface area contributed by atoms with Crippen molar-refractivity contribution in [2.75, 3.05) is 0 Å². The van der Waals surface area contributed by atoms with Gasteiger partial charge >= 0.3 is 0 Å². The van der Waals surface area contributed by atoms with Gasteiger partial charge in [-0.05, 0) is 36.2 Å². The maximum absolute atomic E-state index is 11.0. The van der Waals surface area contributed by atoms with Crippen LogP contribution in [0.1, 0.15) is 16.1 Å². The minimum atomic E-state index is 0.550. The zero-order chi connectivity index (χ0) is 13.4. The lowest BCUT2D eigenvalue weighted by Crippen LogP contribution is -1.94.